The van der Waals surface area contributed by atoms with Gasteiger partial charge in [0.05, 0.1) is 0 Å². The van der Waals surface area contributed by atoms with Crippen molar-refractivity contribution in [3.8, 4) is 0 Å². The van der Waals surface area contributed by atoms with Crippen LogP contribution in [0.25, 0.3) is 0 Å². The van der Waals surface area contributed by atoms with Crippen molar-refractivity contribution < 1.29 is 28.6 Å². The van der Waals surface area contributed by atoms with E-state index in [9.17, 15) is 14.4 Å². The SMILES string of the molecule is CC/C=C\C/C=C\C/C=C\C/C=C\CCCCCCC(=O)OCC(COC(=O)CCCCCCCCCCCCCCCCCC)OC(=O)CCCCCCC/C=C\C/C=C\CCCCCC. The highest BCUT2D eigenvalue weighted by Gasteiger charge is 2.19. The minimum Gasteiger partial charge on any atom is -0.462 e. The minimum atomic E-state index is -0.792. The van der Waals surface area contributed by atoms with Crippen molar-refractivity contribution in [3.63, 3.8) is 0 Å². The molecule has 386 valence electrons. The van der Waals surface area contributed by atoms with Crippen LogP contribution in [0.3, 0.4) is 0 Å². The Labute approximate surface area is 414 Å². The van der Waals surface area contributed by atoms with Crippen LogP contribution in [0.5, 0.6) is 0 Å². The highest BCUT2D eigenvalue weighted by molar-refractivity contribution is 5.71. The third-order valence-corrected chi connectivity index (χ3v) is 12.2. The summed E-state index contributed by atoms with van der Waals surface area (Å²) in [5, 5.41) is 0. The first kappa shape index (κ1) is 63.8. The normalized spacial score (nSPS) is 12.6. The molecule has 0 aromatic heterocycles. The van der Waals surface area contributed by atoms with Gasteiger partial charge in [-0.05, 0) is 89.9 Å². The van der Waals surface area contributed by atoms with Crippen molar-refractivity contribution in [1.29, 1.82) is 0 Å². The number of rotatable bonds is 51. The fourth-order valence-electron chi connectivity index (χ4n) is 7.93. The van der Waals surface area contributed by atoms with Gasteiger partial charge in [0.2, 0.25) is 0 Å². The lowest BCUT2D eigenvalue weighted by molar-refractivity contribution is -0.167. The Bertz CT molecular complexity index is 1260. The summed E-state index contributed by atoms with van der Waals surface area (Å²) in [4.78, 5) is 38.1. The summed E-state index contributed by atoms with van der Waals surface area (Å²) in [6.07, 6.45) is 70.3. The molecule has 0 radical (unpaired) electrons. The largest absolute Gasteiger partial charge is 0.462 e. The van der Waals surface area contributed by atoms with Gasteiger partial charge in [0.25, 0.3) is 0 Å². The molecule has 1 unspecified atom stereocenters. The van der Waals surface area contributed by atoms with Crippen LogP contribution in [0, 0.1) is 0 Å². The molecular formula is C61H106O6. The molecule has 0 aliphatic carbocycles. The summed E-state index contributed by atoms with van der Waals surface area (Å²) in [5.41, 5.74) is 0. The topological polar surface area (TPSA) is 78.9 Å². The van der Waals surface area contributed by atoms with Gasteiger partial charge in [0.15, 0.2) is 6.10 Å². The molecule has 0 spiro atoms. The van der Waals surface area contributed by atoms with Crippen LogP contribution in [0.15, 0.2) is 72.9 Å². The number of unbranched alkanes of at least 4 members (excludes halogenated alkanes) is 28. The number of esters is 3. The van der Waals surface area contributed by atoms with Crippen molar-refractivity contribution >= 4 is 17.9 Å². The second-order valence-corrected chi connectivity index (χ2v) is 18.8. The molecule has 0 aromatic rings. The first-order valence-corrected chi connectivity index (χ1v) is 28.4. The van der Waals surface area contributed by atoms with Gasteiger partial charge in [-0.2, -0.15) is 0 Å². The van der Waals surface area contributed by atoms with Gasteiger partial charge >= 0.3 is 17.9 Å². The molecule has 0 bridgehead atoms. The maximum Gasteiger partial charge on any atom is 0.306 e. The Morgan fingerprint density at radius 1 is 0.313 bits per heavy atom. The summed E-state index contributed by atoms with van der Waals surface area (Å²) in [6, 6.07) is 0. The van der Waals surface area contributed by atoms with Crippen LogP contribution in [0.4, 0.5) is 0 Å². The van der Waals surface area contributed by atoms with Gasteiger partial charge in [0.1, 0.15) is 13.2 Å². The van der Waals surface area contributed by atoms with Gasteiger partial charge in [-0.25, -0.2) is 0 Å². The number of ether oxygens (including phenoxy) is 3. The molecule has 0 saturated carbocycles. The maximum absolute atomic E-state index is 12.8. The fourth-order valence-corrected chi connectivity index (χ4v) is 7.93. The lowest BCUT2D eigenvalue weighted by atomic mass is 10.0. The number of carbonyl (C=O) groups excluding carboxylic acids is 3. The standard InChI is InChI=1S/C61H106O6/c1-4-7-10-13-16-19-22-25-28-31-34-36-39-42-45-48-51-54-60(63)66-57-58(67-61(64)55-52-49-46-43-40-37-33-30-27-24-21-18-15-12-9-6-3)56-65-59(62)53-50-47-44-41-38-35-32-29-26-23-20-17-14-11-8-5-2/h7,10,16,19,21,24-25,28,30,33-34,36,58H,4-6,8-9,11-15,17-18,20,22-23,26-27,29,31-32,35,37-57H2,1-3H3/b10-7-,19-16-,24-21-,28-25-,33-30-,36-34-. The van der Waals surface area contributed by atoms with Crippen LogP contribution in [-0.2, 0) is 28.6 Å². The van der Waals surface area contributed by atoms with E-state index >= 15 is 0 Å². The average molecular weight is 936 g/mol. The predicted molar refractivity (Wildman–Crippen MR) is 288 cm³/mol. The van der Waals surface area contributed by atoms with E-state index in [0.717, 1.165) is 122 Å². The fraction of sp³-hybridized carbons (Fsp3) is 0.754. The number of carbonyl (C=O) groups is 3. The molecule has 67 heavy (non-hydrogen) atoms. The lowest BCUT2D eigenvalue weighted by Crippen LogP contribution is -2.30. The van der Waals surface area contributed by atoms with Crippen LogP contribution in [-0.4, -0.2) is 37.2 Å². The number of hydrogen-bond acceptors (Lipinski definition) is 6. The Morgan fingerprint density at radius 2 is 0.582 bits per heavy atom. The van der Waals surface area contributed by atoms with Gasteiger partial charge in [-0.1, -0.05) is 241 Å². The van der Waals surface area contributed by atoms with Crippen LogP contribution >= 0.6 is 0 Å². The molecule has 0 aromatic carbocycles. The van der Waals surface area contributed by atoms with E-state index in [4.69, 9.17) is 14.2 Å². The zero-order valence-electron chi connectivity index (χ0n) is 44.2. The van der Waals surface area contributed by atoms with Crippen molar-refractivity contribution in [2.45, 2.75) is 284 Å². The minimum absolute atomic E-state index is 0.0870. The van der Waals surface area contributed by atoms with Gasteiger partial charge in [0, 0.05) is 19.3 Å². The summed E-state index contributed by atoms with van der Waals surface area (Å²) in [6.45, 7) is 6.50. The molecule has 1 atom stereocenters. The Balaban J connectivity index is 4.43. The van der Waals surface area contributed by atoms with Crippen molar-refractivity contribution in [1.82, 2.24) is 0 Å². The van der Waals surface area contributed by atoms with E-state index in [2.05, 4.69) is 93.7 Å². The first-order chi connectivity index (χ1) is 33.0. The summed E-state index contributed by atoms with van der Waals surface area (Å²) >= 11 is 0. The molecule has 0 aliphatic heterocycles. The molecule has 0 saturated heterocycles. The second kappa shape index (κ2) is 55.4. The Kier molecular flexibility index (Phi) is 52.8. The smallest absolute Gasteiger partial charge is 0.306 e. The van der Waals surface area contributed by atoms with E-state index in [-0.39, 0.29) is 31.1 Å². The zero-order valence-corrected chi connectivity index (χ0v) is 44.2. The summed E-state index contributed by atoms with van der Waals surface area (Å²) in [5.74, 6) is -0.916. The highest BCUT2D eigenvalue weighted by Crippen LogP contribution is 2.16. The Hall–Kier alpha value is -3.15. The number of allylic oxidation sites excluding steroid dienone is 12. The molecule has 0 fully saturated rings. The quantitative estimate of drug-likeness (QED) is 0.0262. The zero-order chi connectivity index (χ0) is 48.6. The van der Waals surface area contributed by atoms with Gasteiger partial charge in [-0.15, -0.1) is 0 Å². The monoisotopic (exact) mass is 935 g/mol. The van der Waals surface area contributed by atoms with Crippen molar-refractivity contribution in [2.75, 3.05) is 13.2 Å². The van der Waals surface area contributed by atoms with E-state index in [0.29, 0.717) is 19.3 Å². The van der Waals surface area contributed by atoms with Crippen molar-refractivity contribution in [3.05, 3.63) is 72.9 Å². The Morgan fingerprint density at radius 3 is 0.925 bits per heavy atom. The van der Waals surface area contributed by atoms with E-state index in [1.54, 1.807) is 0 Å². The van der Waals surface area contributed by atoms with E-state index < -0.39 is 6.10 Å². The molecule has 6 heteroatoms. The molecule has 6 nitrogen and oxygen atoms in total. The molecule has 0 rings (SSSR count). The van der Waals surface area contributed by atoms with Gasteiger partial charge in [-0.3, -0.25) is 14.4 Å². The molecule has 0 aliphatic rings. The van der Waals surface area contributed by atoms with Crippen LogP contribution in [0.1, 0.15) is 278 Å². The molecular weight excluding hydrogens is 829 g/mol. The average Bonchev–Trinajstić information content (AvgIpc) is 3.33. The van der Waals surface area contributed by atoms with Crippen LogP contribution in [0.2, 0.25) is 0 Å². The summed E-state index contributed by atoms with van der Waals surface area (Å²) in [7, 11) is 0. The van der Waals surface area contributed by atoms with Crippen molar-refractivity contribution in [2.24, 2.45) is 0 Å². The highest BCUT2D eigenvalue weighted by atomic mass is 16.6. The first-order valence-electron chi connectivity index (χ1n) is 28.4. The number of hydrogen-bond donors (Lipinski definition) is 0. The second-order valence-electron chi connectivity index (χ2n) is 18.8. The van der Waals surface area contributed by atoms with E-state index in [1.165, 1.54) is 116 Å². The van der Waals surface area contributed by atoms with E-state index in [1.807, 2.05) is 0 Å². The molecule has 0 amide bonds. The molecule has 0 heterocycles. The third-order valence-electron chi connectivity index (χ3n) is 12.2. The maximum atomic E-state index is 12.8. The molecule has 0 N–H and O–H groups in total. The predicted octanol–water partition coefficient (Wildman–Crippen LogP) is 19.0. The van der Waals surface area contributed by atoms with Crippen LogP contribution < -0.4 is 0 Å². The lowest BCUT2D eigenvalue weighted by Gasteiger charge is -2.18. The summed E-state index contributed by atoms with van der Waals surface area (Å²) < 4.78 is 16.8. The van der Waals surface area contributed by atoms with Gasteiger partial charge < -0.3 is 14.2 Å². The third kappa shape index (κ3) is 53.7.